The molecule has 2 rings (SSSR count). The minimum Gasteiger partial charge on any atom is -0.726 e. The summed E-state index contributed by atoms with van der Waals surface area (Å²) in [5.74, 6) is 0. The highest BCUT2D eigenvalue weighted by atomic mass is 32.3. The van der Waals surface area contributed by atoms with Crippen molar-refractivity contribution in [3.8, 4) is 0 Å². The maximum Gasteiger partial charge on any atom is 0.217 e. The van der Waals surface area contributed by atoms with Gasteiger partial charge in [-0.05, 0) is 36.1 Å². The van der Waals surface area contributed by atoms with Gasteiger partial charge in [-0.2, -0.15) is 0 Å². The van der Waals surface area contributed by atoms with Gasteiger partial charge in [0.1, 0.15) is 6.54 Å². The Morgan fingerprint density at radius 3 is 1.12 bits per heavy atom. The Labute approximate surface area is 360 Å². The zero-order chi connectivity index (χ0) is 42.2. The molecule has 58 heavy (non-hydrogen) atoms. The van der Waals surface area contributed by atoms with Gasteiger partial charge in [-0.15, -0.1) is 0 Å². The van der Waals surface area contributed by atoms with Crippen LogP contribution in [0.1, 0.15) is 230 Å². The number of aromatic nitrogens is 1. The molecule has 334 valence electrons. The number of nitrogens with zero attached hydrogens (tertiary/aromatic N) is 2. The molecule has 0 aliphatic carbocycles. The van der Waals surface area contributed by atoms with Gasteiger partial charge >= 0.3 is 0 Å². The van der Waals surface area contributed by atoms with Crippen molar-refractivity contribution in [2.24, 2.45) is 0 Å². The van der Waals surface area contributed by atoms with Gasteiger partial charge in [0.05, 0.1) is 6.61 Å². The summed E-state index contributed by atoms with van der Waals surface area (Å²) >= 11 is 0. The van der Waals surface area contributed by atoms with E-state index in [9.17, 15) is 13.0 Å². The van der Waals surface area contributed by atoms with Crippen molar-refractivity contribution in [1.29, 1.82) is 0 Å². The number of hydrogen-bond donors (Lipinski definition) is 0. The Hall–Kier alpha value is -2.22. The molecule has 0 N–H and O–H groups in total. The lowest BCUT2D eigenvalue weighted by Crippen LogP contribution is -2.32. The fourth-order valence-corrected chi connectivity index (χ4v) is 7.78. The third-order valence-corrected chi connectivity index (χ3v) is 11.7. The lowest BCUT2D eigenvalue weighted by molar-refractivity contribution is -0.697. The van der Waals surface area contributed by atoms with Gasteiger partial charge in [-0.1, -0.05) is 224 Å². The minimum atomic E-state index is -4.49. The lowest BCUT2D eigenvalue weighted by atomic mass is 10.0. The Kier molecular flexibility index (Phi) is 36.1. The molecule has 0 bridgehead atoms. The highest BCUT2D eigenvalue weighted by Gasteiger charge is 2.02. The number of rotatable bonds is 38. The maximum atomic E-state index is 10.2. The number of benzene rings is 1. The monoisotopic (exact) mass is 827 g/mol. The van der Waals surface area contributed by atoms with E-state index in [1.54, 1.807) is 0 Å². The Morgan fingerprint density at radius 2 is 0.793 bits per heavy atom. The van der Waals surface area contributed by atoms with E-state index in [0.29, 0.717) is 6.42 Å². The average Bonchev–Trinajstić information content (AvgIpc) is 3.21. The topological polar surface area (TPSA) is 73.5 Å². The van der Waals surface area contributed by atoms with Crippen molar-refractivity contribution in [2.45, 2.75) is 226 Å². The third-order valence-electron chi connectivity index (χ3n) is 11.3. The first-order valence-electron chi connectivity index (χ1n) is 24.3. The van der Waals surface area contributed by atoms with Gasteiger partial charge in [0.15, 0.2) is 12.4 Å². The molecule has 0 aliphatic rings. The van der Waals surface area contributed by atoms with Crippen molar-refractivity contribution >= 4 is 28.2 Å². The van der Waals surface area contributed by atoms with E-state index in [-0.39, 0.29) is 6.61 Å². The Bertz CT molecular complexity index is 1290. The lowest BCUT2D eigenvalue weighted by Gasteiger charge is -2.11. The first kappa shape index (κ1) is 53.8. The second-order valence-corrected chi connectivity index (χ2v) is 18.1. The summed E-state index contributed by atoms with van der Waals surface area (Å²) in [5.41, 5.74) is 3.72. The van der Waals surface area contributed by atoms with Gasteiger partial charge in [0.25, 0.3) is 0 Å². The first-order valence-corrected chi connectivity index (χ1v) is 25.6. The molecule has 0 radical (unpaired) electrons. The quantitative estimate of drug-likeness (QED) is 0.0292. The summed E-state index contributed by atoms with van der Waals surface area (Å²) in [6.07, 6.45) is 51.9. The molecule has 1 aromatic carbocycles. The van der Waals surface area contributed by atoms with Crippen LogP contribution in [-0.4, -0.2) is 33.7 Å². The maximum absolute atomic E-state index is 10.2. The fraction of sp³-hybridized carbons (Fsp3) is 0.745. The van der Waals surface area contributed by atoms with E-state index in [2.05, 4.69) is 103 Å². The summed E-state index contributed by atoms with van der Waals surface area (Å²) in [6, 6.07) is 13.1. The highest BCUT2D eigenvalue weighted by molar-refractivity contribution is 7.80. The second-order valence-electron chi connectivity index (χ2n) is 17.0. The summed E-state index contributed by atoms with van der Waals surface area (Å²) in [4.78, 5) is 2.13. The standard InChI is InChI=1S/C33H53N2.C18H38O4S/c1-4-5-6-7-8-9-10-11-12-13-14-15-16-17-18-19-28-35-29-26-32(27-30-35)21-20-31-22-24-33(25-23-31)34(2)3;1-2-3-4-5-6-7-8-9-10-11-12-13-14-15-16-17-18-22-23(19,20)21/h20-27,29-30H,4-19,28H2,1-3H3;2-18H2,1H3,(H,19,20,21)/q+1;/p-1. The molecule has 2 aromatic rings. The number of pyridine rings is 1. The predicted molar refractivity (Wildman–Crippen MR) is 251 cm³/mol. The van der Waals surface area contributed by atoms with Crippen LogP contribution in [0.25, 0.3) is 12.2 Å². The third kappa shape index (κ3) is 35.7. The molecule has 1 heterocycles. The molecular formula is C51H90N2O4S. The van der Waals surface area contributed by atoms with Crippen LogP contribution in [0, 0.1) is 0 Å². The molecule has 0 aliphatic heterocycles. The van der Waals surface area contributed by atoms with E-state index >= 15 is 0 Å². The largest absolute Gasteiger partial charge is 0.726 e. The number of hydrogen-bond acceptors (Lipinski definition) is 5. The van der Waals surface area contributed by atoms with Crippen LogP contribution in [0.3, 0.4) is 0 Å². The van der Waals surface area contributed by atoms with Crippen LogP contribution in [0.15, 0.2) is 48.8 Å². The molecule has 0 fully saturated rings. The summed E-state index contributed by atoms with van der Waals surface area (Å²) in [7, 11) is -0.348. The molecular weight excluding hydrogens is 737 g/mol. The van der Waals surface area contributed by atoms with Crippen molar-refractivity contribution in [2.75, 3.05) is 25.6 Å². The molecule has 0 amide bonds. The highest BCUT2D eigenvalue weighted by Crippen LogP contribution is 2.17. The molecule has 0 saturated heterocycles. The average molecular weight is 827 g/mol. The first-order chi connectivity index (χ1) is 28.2. The second kappa shape index (κ2) is 38.9. The molecule has 0 unspecified atom stereocenters. The fourth-order valence-electron chi connectivity index (χ4n) is 7.46. The van der Waals surface area contributed by atoms with Crippen LogP contribution >= 0.6 is 0 Å². The molecule has 0 saturated carbocycles. The van der Waals surface area contributed by atoms with Gasteiger partial charge < -0.3 is 9.45 Å². The number of unbranched alkanes of at least 4 members (excludes halogenated alkanes) is 30. The van der Waals surface area contributed by atoms with Crippen LogP contribution in [0.5, 0.6) is 0 Å². The van der Waals surface area contributed by atoms with E-state index in [1.807, 2.05) is 0 Å². The molecule has 1 aromatic heterocycles. The van der Waals surface area contributed by atoms with Crippen molar-refractivity contribution in [1.82, 2.24) is 0 Å². The number of aryl methyl sites for hydroxylation is 1. The summed E-state index contributed by atoms with van der Waals surface area (Å²) in [5, 5.41) is 0. The van der Waals surface area contributed by atoms with Crippen LogP contribution < -0.4 is 9.47 Å². The van der Waals surface area contributed by atoms with Crippen LogP contribution in [0.2, 0.25) is 0 Å². The van der Waals surface area contributed by atoms with E-state index in [4.69, 9.17) is 0 Å². The predicted octanol–water partition coefficient (Wildman–Crippen LogP) is 15.2. The van der Waals surface area contributed by atoms with Gasteiger partial charge in [-0.3, -0.25) is 4.18 Å². The summed E-state index contributed by atoms with van der Waals surface area (Å²) < 4.78 is 37.1. The Morgan fingerprint density at radius 1 is 0.483 bits per heavy atom. The van der Waals surface area contributed by atoms with Gasteiger partial charge in [-0.25, -0.2) is 13.0 Å². The van der Waals surface area contributed by atoms with Crippen molar-refractivity contribution in [3.63, 3.8) is 0 Å². The van der Waals surface area contributed by atoms with Crippen LogP contribution in [0.4, 0.5) is 5.69 Å². The Balaban J connectivity index is 0.000000636. The molecule has 0 atom stereocenters. The van der Waals surface area contributed by atoms with E-state index < -0.39 is 10.4 Å². The van der Waals surface area contributed by atoms with Crippen LogP contribution in [-0.2, 0) is 21.1 Å². The summed E-state index contributed by atoms with van der Waals surface area (Å²) in [6.45, 7) is 5.72. The smallest absolute Gasteiger partial charge is 0.217 e. The zero-order valence-electron chi connectivity index (χ0n) is 38.3. The normalized spacial score (nSPS) is 11.6. The molecule has 6 nitrogen and oxygen atoms in total. The zero-order valence-corrected chi connectivity index (χ0v) is 39.1. The van der Waals surface area contributed by atoms with E-state index in [0.717, 1.165) is 19.4 Å². The van der Waals surface area contributed by atoms with Crippen molar-refractivity contribution < 1.29 is 21.7 Å². The molecule has 0 spiro atoms. The SMILES string of the molecule is CCCCCCCCCCCCCCCCCCOS(=O)(=O)[O-].CCCCCCCCCCCCCCCCCC[n+]1ccc(/C=C/c2ccc(N(C)C)cc2)cc1. The van der Waals surface area contributed by atoms with E-state index in [1.165, 1.54) is 203 Å². The minimum absolute atomic E-state index is 0.0320. The van der Waals surface area contributed by atoms with Gasteiger partial charge in [0.2, 0.25) is 10.4 Å². The van der Waals surface area contributed by atoms with Crippen molar-refractivity contribution in [3.05, 3.63) is 59.9 Å². The molecule has 7 heteroatoms. The van der Waals surface area contributed by atoms with Gasteiger partial charge in [0, 0.05) is 38.3 Å². The number of anilines is 1.